The van der Waals surface area contributed by atoms with Crippen molar-refractivity contribution in [2.45, 2.75) is 51.1 Å². The predicted molar refractivity (Wildman–Crippen MR) is 64.6 cm³/mol. The first-order valence-electron chi connectivity index (χ1n) is 6.44. The number of urea groups is 1. The first-order chi connectivity index (χ1) is 8.07. The molecule has 17 heavy (non-hydrogen) atoms. The summed E-state index contributed by atoms with van der Waals surface area (Å²) in [4.78, 5) is 25.0. The summed E-state index contributed by atoms with van der Waals surface area (Å²) in [6.07, 6.45) is 3.98. The maximum atomic E-state index is 12.0. The van der Waals surface area contributed by atoms with Crippen LogP contribution in [0.15, 0.2) is 0 Å². The van der Waals surface area contributed by atoms with Crippen LogP contribution in [-0.2, 0) is 4.79 Å². The molecule has 1 aliphatic carbocycles. The Bertz CT molecular complexity index is 328. The summed E-state index contributed by atoms with van der Waals surface area (Å²) in [6.45, 7) is 5.09. The lowest BCUT2D eigenvalue weighted by atomic mass is 9.99. The molecule has 2 rings (SSSR count). The first-order valence-corrected chi connectivity index (χ1v) is 6.44. The minimum absolute atomic E-state index is 0.0866. The van der Waals surface area contributed by atoms with Gasteiger partial charge < -0.3 is 10.6 Å². The lowest BCUT2D eigenvalue weighted by molar-refractivity contribution is -0.130. The Morgan fingerprint density at radius 3 is 2.71 bits per heavy atom. The first kappa shape index (κ1) is 12.4. The summed E-state index contributed by atoms with van der Waals surface area (Å²) in [7, 11) is 0. The standard InChI is InChI=1S/C12H21N3O2/c1-3-12(2)10(16)15(11(17)14-12)8-4-7-13-9-5-6-9/h9,13H,3-8H2,1-2H3,(H,14,17). The molecule has 1 heterocycles. The van der Waals surface area contributed by atoms with E-state index in [4.69, 9.17) is 0 Å². The van der Waals surface area contributed by atoms with Crippen LogP contribution in [0.4, 0.5) is 4.79 Å². The fourth-order valence-electron chi connectivity index (χ4n) is 2.02. The van der Waals surface area contributed by atoms with Gasteiger partial charge in [0.15, 0.2) is 0 Å². The molecule has 0 aromatic carbocycles. The summed E-state index contributed by atoms with van der Waals surface area (Å²) in [5.74, 6) is -0.0866. The van der Waals surface area contributed by atoms with Crippen LogP contribution in [0.3, 0.4) is 0 Å². The minimum atomic E-state index is -0.693. The monoisotopic (exact) mass is 239 g/mol. The van der Waals surface area contributed by atoms with Crippen molar-refractivity contribution in [2.75, 3.05) is 13.1 Å². The van der Waals surface area contributed by atoms with Gasteiger partial charge in [-0.15, -0.1) is 0 Å². The summed E-state index contributed by atoms with van der Waals surface area (Å²) in [5.41, 5.74) is -0.693. The Balaban J connectivity index is 1.79. The number of nitrogens with one attached hydrogen (secondary N) is 2. The lowest BCUT2D eigenvalue weighted by Crippen LogP contribution is -2.43. The van der Waals surface area contributed by atoms with Crippen molar-refractivity contribution in [1.82, 2.24) is 15.5 Å². The molecule has 1 saturated carbocycles. The second-order valence-electron chi connectivity index (χ2n) is 5.15. The van der Waals surface area contributed by atoms with E-state index in [0.717, 1.165) is 13.0 Å². The van der Waals surface area contributed by atoms with Crippen molar-refractivity contribution in [3.63, 3.8) is 0 Å². The van der Waals surface area contributed by atoms with Crippen LogP contribution < -0.4 is 10.6 Å². The van der Waals surface area contributed by atoms with Gasteiger partial charge in [0.1, 0.15) is 5.54 Å². The van der Waals surface area contributed by atoms with E-state index in [1.54, 1.807) is 6.92 Å². The summed E-state index contributed by atoms with van der Waals surface area (Å²) >= 11 is 0. The van der Waals surface area contributed by atoms with Gasteiger partial charge in [-0.05, 0) is 39.2 Å². The second kappa shape index (κ2) is 4.64. The molecule has 96 valence electrons. The van der Waals surface area contributed by atoms with Gasteiger partial charge in [0.25, 0.3) is 5.91 Å². The Kier molecular flexibility index (Phi) is 3.38. The maximum Gasteiger partial charge on any atom is 0.325 e. The van der Waals surface area contributed by atoms with Gasteiger partial charge in [0, 0.05) is 12.6 Å². The lowest BCUT2D eigenvalue weighted by Gasteiger charge is -2.19. The fraction of sp³-hybridized carbons (Fsp3) is 0.833. The van der Waals surface area contributed by atoms with E-state index in [-0.39, 0.29) is 11.9 Å². The molecule has 2 fully saturated rings. The van der Waals surface area contributed by atoms with E-state index in [2.05, 4.69) is 10.6 Å². The van der Waals surface area contributed by atoms with Crippen LogP contribution >= 0.6 is 0 Å². The largest absolute Gasteiger partial charge is 0.325 e. The van der Waals surface area contributed by atoms with Crippen LogP contribution in [0.1, 0.15) is 39.5 Å². The highest BCUT2D eigenvalue weighted by molar-refractivity contribution is 6.06. The summed E-state index contributed by atoms with van der Waals surface area (Å²) in [5, 5.41) is 6.13. The van der Waals surface area contributed by atoms with Crippen molar-refractivity contribution >= 4 is 11.9 Å². The molecule has 5 nitrogen and oxygen atoms in total. The molecule has 1 aliphatic heterocycles. The Labute approximate surface area is 102 Å². The number of hydrogen-bond acceptors (Lipinski definition) is 3. The molecule has 0 bridgehead atoms. The molecule has 1 atom stereocenters. The maximum absolute atomic E-state index is 12.0. The molecule has 5 heteroatoms. The van der Waals surface area contributed by atoms with Crippen molar-refractivity contribution in [2.24, 2.45) is 0 Å². The highest BCUT2D eigenvalue weighted by atomic mass is 16.2. The van der Waals surface area contributed by atoms with Gasteiger partial charge in [-0.2, -0.15) is 0 Å². The highest BCUT2D eigenvalue weighted by Crippen LogP contribution is 2.21. The smallest absolute Gasteiger partial charge is 0.323 e. The number of amides is 3. The zero-order valence-corrected chi connectivity index (χ0v) is 10.6. The Morgan fingerprint density at radius 2 is 2.18 bits per heavy atom. The number of carbonyl (C=O) groups excluding carboxylic acids is 2. The number of imide groups is 1. The third-order valence-corrected chi connectivity index (χ3v) is 3.62. The molecule has 1 unspecified atom stereocenters. The molecule has 0 aromatic heterocycles. The van der Waals surface area contributed by atoms with Crippen molar-refractivity contribution in [3.05, 3.63) is 0 Å². The van der Waals surface area contributed by atoms with Crippen LogP contribution in [0, 0.1) is 0 Å². The minimum Gasteiger partial charge on any atom is -0.323 e. The van der Waals surface area contributed by atoms with E-state index < -0.39 is 5.54 Å². The molecule has 0 aromatic rings. The molecule has 1 saturated heterocycles. The predicted octanol–water partition coefficient (Wildman–Crippen LogP) is 0.849. The number of hydrogen-bond donors (Lipinski definition) is 2. The van der Waals surface area contributed by atoms with Crippen molar-refractivity contribution in [1.29, 1.82) is 0 Å². The molecule has 2 N–H and O–H groups in total. The second-order valence-corrected chi connectivity index (χ2v) is 5.15. The van der Waals surface area contributed by atoms with Crippen LogP contribution in [-0.4, -0.2) is 41.5 Å². The Hall–Kier alpha value is -1.10. The molecular formula is C12H21N3O2. The fourth-order valence-corrected chi connectivity index (χ4v) is 2.02. The van der Waals surface area contributed by atoms with Crippen LogP contribution in [0.5, 0.6) is 0 Å². The zero-order valence-electron chi connectivity index (χ0n) is 10.6. The van der Waals surface area contributed by atoms with E-state index >= 15 is 0 Å². The highest BCUT2D eigenvalue weighted by Gasteiger charge is 2.45. The molecule has 0 radical (unpaired) electrons. The number of rotatable bonds is 6. The quantitative estimate of drug-likeness (QED) is 0.533. The summed E-state index contributed by atoms with van der Waals surface area (Å²) < 4.78 is 0. The van der Waals surface area contributed by atoms with E-state index in [9.17, 15) is 9.59 Å². The van der Waals surface area contributed by atoms with Gasteiger partial charge in [-0.25, -0.2) is 4.79 Å². The molecular weight excluding hydrogens is 218 g/mol. The normalized spacial score (nSPS) is 28.7. The van der Waals surface area contributed by atoms with E-state index in [1.165, 1.54) is 17.7 Å². The zero-order chi connectivity index (χ0) is 12.5. The SMILES string of the molecule is CCC1(C)NC(=O)N(CCCNC2CC2)C1=O. The topological polar surface area (TPSA) is 61.4 Å². The third kappa shape index (κ3) is 2.60. The number of nitrogens with zero attached hydrogens (tertiary/aromatic N) is 1. The van der Waals surface area contributed by atoms with Gasteiger partial charge >= 0.3 is 6.03 Å². The van der Waals surface area contributed by atoms with Gasteiger partial charge in [-0.3, -0.25) is 9.69 Å². The van der Waals surface area contributed by atoms with E-state index in [0.29, 0.717) is 19.0 Å². The number of carbonyl (C=O) groups is 2. The van der Waals surface area contributed by atoms with Gasteiger partial charge in [0.05, 0.1) is 0 Å². The van der Waals surface area contributed by atoms with Gasteiger partial charge in [-0.1, -0.05) is 6.92 Å². The molecule has 3 amide bonds. The molecule has 2 aliphatic rings. The van der Waals surface area contributed by atoms with Crippen molar-refractivity contribution < 1.29 is 9.59 Å². The summed E-state index contributed by atoms with van der Waals surface area (Å²) in [6, 6.07) is 0.435. The third-order valence-electron chi connectivity index (χ3n) is 3.62. The van der Waals surface area contributed by atoms with Crippen LogP contribution in [0.25, 0.3) is 0 Å². The molecule has 0 spiro atoms. The van der Waals surface area contributed by atoms with Crippen LogP contribution in [0.2, 0.25) is 0 Å². The van der Waals surface area contributed by atoms with Gasteiger partial charge in [0.2, 0.25) is 0 Å². The average Bonchev–Trinajstić information content (AvgIpc) is 3.08. The average molecular weight is 239 g/mol. The Morgan fingerprint density at radius 1 is 1.47 bits per heavy atom. The van der Waals surface area contributed by atoms with E-state index in [1.807, 2.05) is 6.92 Å². The van der Waals surface area contributed by atoms with Crippen molar-refractivity contribution in [3.8, 4) is 0 Å².